The van der Waals surface area contributed by atoms with Gasteiger partial charge in [-0.25, -0.2) is 14.3 Å². The first-order valence-corrected chi connectivity index (χ1v) is 11.1. The van der Waals surface area contributed by atoms with Crippen molar-refractivity contribution in [3.8, 4) is 5.69 Å². The van der Waals surface area contributed by atoms with E-state index in [1.807, 2.05) is 35.8 Å². The quantitative estimate of drug-likeness (QED) is 0.486. The van der Waals surface area contributed by atoms with Gasteiger partial charge in [-0.15, -0.1) is 0 Å². The summed E-state index contributed by atoms with van der Waals surface area (Å²) in [6, 6.07) is 16.2. The predicted octanol–water partition coefficient (Wildman–Crippen LogP) is 4.34. The Bertz CT molecular complexity index is 1410. The van der Waals surface area contributed by atoms with E-state index in [9.17, 15) is 9.59 Å². The highest BCUT2D eigenvalue weighted by molar-refractivity contribution is 5.72. The molecule has 5 rings (SSSR count). The van der Waals surface area contributed by atoms with Crippen LogP contribution < -0.4 is 11.2 Å². The maximum atomic E-state index is 13.4. The minimum Gasteiger partial charge on any atom is -0.320 e. The van der Waals surface area contributed by atoms with E-state index >= 15 is 0 Å². The van der Waals surface area contributed by atoms with Crippen molar-refractivity contribution < 1.29 is 0 Å². The summed E-state index contributed by atoms with van der Waals surface area (Å²) < 4.78 is 4.86. The SMILES string of the molecule is Cc1ccc(-n2c(=O)n(C3CC3)c(=O)c3c2ncn3Cc2ccc(C(C)(C)C)cc2)cc1. The molecule has 0 bridgehead atoms. The van der Waals surface area contributed by atoms with E-state index in [2.05, 4.69) is 50.0 Å². The van der Waals surface area contributed by atoms with Crippen LogP contribution in [0.4, 0.5) is 0 Å². The van der Waals surface area contributed by atoms with Crippen LogP contribution >= 0.6 is 0 Å². The first-order valence-electron chi connectivity index (χ1n) is 11.1. The van der Waals surface area contributed by atoms with Crippen molar-refractivity contribution in [2.24, 2.45) is 0 Å². The van der Waals surface area contributed by atoms with E-state index in [1.54, 1.807) is 10.9 Å². The Morgan fingerprint density at radius 1 is 0.969 bits per heavy atom. The van der Waals surface area contributed by atoms with Crippen LogP contribution in [0.3, 0.4) is 0 Å². The van der Waals surface area contributed by atoms with Gasteiger partial charge in [0, 0.05) is 12.6 Å². The van der Waals surface area contributed by atoms with Crippen molar-refractivity contribution in [3.63, 3.8) is 0 Å². The molecule has 1 aliphatic carbocycles. The number of rotatable bonds is 4. The summed E-state index contributed by atoms with van der Waals surface area (Å²) in [7, 11) is 0. The largest absolute Gasteiger partial charge is 0.337 e. The van der Waals surface area contributed by atoms with Crippen LogP contribution in [0, 0.1) is 6.92 Å². The van der Waals surface area contributed by atoms with Gasteiger partial charge >= 0.3 is 5.69 Å². The number of aromatic nitrogens is 4. The molecule has 1 saturated carbocycles. The molecular formula is C26H28N4O2. The lowest BCUT2D eigenvalue weighted by molar-refractivity contribution is 0.590. The van der Waals surface area contributed by atoms with Crippen LogP contribution in [0.25, 0.3) is 16.9 Å². The highest BCUT2D eigenvalue weighted by Crippen LogP contribution is 2.32. The van der Waals surface area contributed by atoms with E-state index in [4.69, 9.17) is 0 Å². The summed E-state index contributed by atoms with van der Waals surface area (Å²) in [4.78, 5) is 31.3. The number of fused-ring (bicyclic) bond motifs is 1. The number of aryl methyl sites for hydroxylation is 1. The fraction of sp³-hybridized carbons (Fsp3) is 0.346. The van der Waals surface area contributed by atoms with Gasteiger partial charge in [-0.05, 0) is 48.4 Å². The summed E-state index contributed by atoms with van der Waals surface area (Å²) in [6.07, 6.45) is 3.39. The third-order valence-corrected chi connectivity index (χ3v) is 6.23. The Morgan fingerprint density at radius 2 is 1.62 bits per heavy atom. The Labute approximate surface area is 186 Å². The van der Waals surface area contributed by atoms with Crippen LogP contribution in [-0.2, 0) is 12.0 Å². The Balaban J connectivity index is 1.67. The molecule has 0 spiro atoms. The maximum Gasteiger partial charge on any atom is 0.337 e. The average Bonchev–Trinajstić information content (AvgIpc) is 3.49. The van der Waals surface area contributed by atoms with Crippen LogP contribution in [0.15, 0.2) is 64.4 Å². The maximum absolute atomic E-state index is 13.4. The molecule has 1 aliphatic rings. The molecule has 0 N–H and O–H groups in total. The van der Waals surface area contributed by atoms with Crippen LogP contribution in [0.1, 0.15) is 56.3 Å². The predicted molar refractivity (Wildman–Crippen MR) is 127 cm³/mol. The first-order chi connectivity index (χ1) is 15.2. The zero-order valence-electron chi connectivity index (χ0n) is 19.0. The molecule has 32 heavy (non-hydrogen) atoms. The summed E-state index contributed by atoms with van der Waals surface area (Å²) in [6.45, 7) is 9.10. The van der Waals surface area contributed by atoms with Gasteiger partial charge in [0.2, 0.25) is 0 Å². The van der Waals surface area contributed by atoms with Crippen molar-refractivity contribution in [1.82, 2.24) is 18.7 Å². The Morgan fingerprint density at radius 3 is 2.22 bits per heavy atom. The zero-order chi connectivity index (χ0) is 22.6. The number of imidazole rings is 1. The summed E-state index contributed by atoms with van der Waals surface area (Å²) in [5.41, 5.74) is 4.58. The minimum atomic E-state index is -0.311. The van der Waals surface area contributed by atoms with Crippen LogP contribution in [0.2, 0.25) is 0 Å². The normalized spacial score (nSPS) is 14.2. The smallest absolute Gasteiger partial charge is 0.320 e. The fourth-order valence-electron chi connectivity index (χ4n) is 4.16. The first kappa shape index (κ1) is 20.5. The zero-order valence-corrected chi connectivity index (χ0v) is 19.0. The van der Waals surface area contributed by atoms with Crippen molar-refractivity contribution in [2.75, 3.05) is 0 Å². The fourth-order valence-corrected chi connectivity index (χ4v) is 4.16. The van der Waals surface area contributed by atoms with Gasteiger partial charge in [-0.1, -0.05) is 62.7 Å². The molecule has 164 valence electrons. The molecule has 0 aliphatic heterocycles. The summed E-state index contributed by atoms with van der Waals surface area (Å²) >= 11 is 0. The van der Waals surface area contributed by atoms with Crippen molar-refractivity contribution in [2.45, 2.75) is 58.5 Å². The number of hydrogen-bond acceptors (Lipinski definition) is 3. The molecule has 0 unspecified atom stereocenters. The molecule has 4 aromatic rings. The molecule has 2 aromatic carbocycles. The second-order valence-electron chi connectivity index (χ2n) is 9.85. The number of nitrogens with zero attached hydrogens (tertiary/aromatic N) is 4. The molecule has 0 atom stereocenters. The molecule has 0 amide bonds. The standard InChI is InChI=1S/C26H28N4O2/c1-17-5-11-20(12-6-17)29-23-22(24(31)30(25(29)32)21-13-14-21)28(16-27-23)15-18-7-9-19(10-8-18)26(2,3)4/h5-12,16,21H,13-15H2,1-4H3. The number of hydrogen-bond donors (Lipinski definition) is 0. The molecule has 0 radical (unpaired) electrons. The van der Waals surface area contributed by atoms with Crippen LogP contribution in [-0.4, -0.2) is 18.7 Å². The van der Waals surface area contributed by atoms with Crippen molar-refractivity contribution in [3.05, 3.63) is 92.4 Å². The third-order valence-electron chi connectivity index (χ3n) is 6.23. The van der Waals surface area contributed by atoms with E-state index in [-0.39, 0.29) is 22.7 Å². The van der Waals surface area contributed by atoms with Crippen molar-refractivity contribution in [1.29, 1.82) is 0 Å². The molecule has 2 aromatic heterocycles. The highest BCUT2D eigenvalue weighted by atomic mass is 16.2. The van der Waals surface area contributed by atoms with Gasteiger partial charge in [0.05, 0.1) is 12.0 Å². The summed E-state index contributed by atoms with van der Waals surface area (Å²) in [5, 5.41) is 0. The van der Waals surface area contributed by atoms with E-state index in [0.29, 0.717) is 17.7 Å². The highest BCUT2D eigenvalue weighted by Gasteiger charge is 2.30. The molecule has 1 fully saturated rings. The van der Waals surface area contributed by atoms with Crippen LogP contribution in [0.5, 0.6) is 0 Å². The molecule has 2 heterocycles. The average molecular weight is 429 g/mol. The van der Waals surface area contributed by atoms with E-state index in [0.717, 1.165) is 29.7 Å². The summed E-state index contributed by atoms with van der Waals surface area (Å²) in [5.74, 6) is 0. The molecular weight excluding hydrogens is 400 g/mol. The molecule has 0 saturated heterocycles. The Kier molecular flexibility index (Phi) is 4.69. The monoisotopic (exact) mass is 428 g/mol. The van der Waals surface area contributed by atoms with E-state index in [1.165, 1.54) is 10.1 Å². The second kappa shape index (κ2) is 7.33. The lowest BCUT2D eigenvalue weighted by Crippen LogP contribution is -2.39. The van der Waals surface area contributed by atoms with Gasteiger partial charge in [-0.3, -0.25) is 9.36 Å². The van der Waals surface area contributed by atoms with E-state index < -0.39 is 0 Å². The van der Waals surface area contributed by atoms with Gasteiger partial charge in [-0.2, -0.15) is 0 Å². The van der Waals surface area contributed by atoms with Crippen molar-refractivity contribution >= 4 is 11.2 Å². The Hall–Kier alpha value is -3.41. The topological polar surface area (TPSA) is 61.8 Å². The number of benzene rings is 2. The molecule has 6 heteroatoms. The lowest BCUT2D eigenvalue weighted by Gasteiger charge is -2.19. The molecule has 6 nitrogen and oxygen atoms in total. The van der Waals surface area contributed by atoms with Gasteiger partial charge in [0.1, 0.15) is 0 Å². The minimum absolute atomic E-state index is 0.0227. The lowest BCUT2D eigenvalue weighted by atomic mass is 9.87. The third kappa shape index (κ3) is 3.49. The second-order valence-corrected chi connectivity index (χ2v) is 9.85. The van der Waals surface area contributed by atoms with Gasteiger partial charge in [0.15, 0.2) is 11.2 Å². The van der Waals surface area contributed by atoms with Gasteiger partial charge in [0.25, 0.3) is 5.56 Å². The van der Waals surface area contributed by atoms with Gasteiger partial charge < -0.3 is 4.57 Å².